The summed E-state index contributed by atoms with van der Waals surface area (Å²) in [6, 6.07) is 11.0. The fourth-order valence-corrected chi connectivity index (χ4v) is 2.44. The van der Waals surface area contributed by atoms with Gasteiger partial charge in [-0.3, -0.25) is 9.36 Å². The number of nitrogens with zero attached hydrogens (tertiary/aromatic N) is 3. The number of hydrogen-bond donors (Lipinski definition) is 1. The van der Waals surface area contributed by atoms with E-state index in [4.69, 9.17) is 11.6 Å². The second-order valence-corrected chi connectivity index (χ2v) is 5.40. The third-order valence-electron chi connectivity index (χ3n) is 3.35. The summed E-state index contributed by atoms with van der Waals surface area (Å²) in [5.41, 5.74) is 2.30. The lowest BCUT2D eigenvalue weighted by Crippen LogP contribution is -2.27. The minimum Gasteiger partial charge on any atom is -0.351 e. The standard InChI is InChI=1S/C17H15ClN4O/c1-2-9-19-15(23)11-22-16(12-5-7-13(18)8-6-12)21-14-4-3-10-20-17(14)22/h2-8,10H,1,9,11H2,(H,19,23). The Kier molecular flexibility index (Phi) is 4.39. The number of amides is 1. The van der Waals surface area contributed by atoms with Crippen LogP contribution in [0.5, 0.6) is 0 Å². The summed E-state index contributed by atoms with van der Waals surface area (Å²) < 4.78 is 1.80. The summed E-state index contributed by atoms with van der Waals surface area (Å²) in [6.45, 7) is 4.16. The van der Waals surface area contributed by atoms with E-state index in [1.54, 1.807) is 29.0 Å². The van der Waals surface area contributed by atoms with Crippen LogP contribution in [0.4, 0.5) is 0 Å². The lowest BCUT2D eigenvalue weighted by atomic mass is 10.2. The van der Waals surface area contributed by atoms with Crippen LogP contribution >= 0.6 is 11.6 Å². The normalized spacial score (nSPS) is 10.7. The zero-order valence-electron chi connectivity index (χ0n) is 12.4. The Bertz CT molecular complexity index is 855. The van der Waals surface area contributed by atoms with Gasteiger partial charge in [0.15, 0.2) is 5.65 Å². The van der Waals surface area contributed by atoms with Crippen LogP contribution in [0.25, 0.3) is 22.6 Å². The van der Waals surface area contributed by atoms with E-state index in [-0.39, 0.29) is 12.5 Å². The van der Waals surface area contributed by atoms with Crippen LogP contribution < -0.4 is 5.32 Å². The fraction of sp³-hybridized carbons (Fsp3) is 0.118. The average molecular weight is 327 g/mol. The van der Waals surface area contributed by atoms with Crippen molar-refractivity contribution in [1.82, 2.24) is 19.9 Å². The second-order valence-electron chi connectivity index (χ2n) is 4.97. The van der Waals surface area contributed by atoms with Gasteiger partial charge in [-0.25, -0.2) is 9.97 Å². The molecule has 0 aliphatic carbocycles. The number of aromatic nitrogens is 3. The van der Waals surface area contributed by atoms with Gasteiger partial charge in [0.1, 0.15) is 17.9 Å². The van der Waals surface area contributed by atoms with E-state index in [0.717, 1.165) is 11.1 Å². The molecule has 1 N–H and O–H groups in total. The van der Waals surface area contributed by atoms with E-state index in [2.05, 4.69) is 21.9 Å². The third-order valence-corrected chi connectivity index (χ3v) is 3.60. The van der Waals surface area contributed by atoms with Crippen molar-refractivity contribution in [3.05, 3.63) is 60.3 Å². The van der Waals surface area contributed by atoms with Crippen LogP contribution in [0.3, 0.4) is 0 Å². The predicted molar refractivity (Wildman–Crippen MR) is 91.2 cm³/mol. The van der Waals surface area contributed by atoms with Crippen molar-refractivity contribution in [3.8, 4) is 11.4 Å². The van der Waals surface area contributed by atoms with E-state index < -0.39 is 0 Å². The van der Waals surface area contributed by atoms with Gasteiger partial charge in [0.05, 0.1) is 0 Å². The van der Waals surface area contributed by atoms with Gasteiger partial charge in [-0.1, -0.05) is 17.7 Å². The number of nitrogens with one attached hydrogen (secondary N) is 1. The van der Waals surface area contributed by atoms with E-state index in [0.29, 0.717) is 23.0 Å². The van der Waals surface area contributed by atoms with Crippen molar-refractivity contribution >= 4 is 28.7 Å². The van der Waals surface area contributed by atoms with E-state index in [1.807, 2.05) is 24.3 Å². The van der Waals surface area contributed by atoms with Gasteiger partial charge in [-0.2, -0.15) is 0 Å². The Labute approximate surface area is 138 Å². The molecule has 0 saturated carbocycles. The predicted octanol–water partition coefficient (Wildman–Crippen LogP) is 3.05. The van der Waals surface area contributed by atoms with Crippen LogP contribution in [0, 0.1) is 0 Å². The lowest BCUT2D eigenvalue weighted by molar-refractivity contribution is -0.121. The van der Waals surface area contributed by atoms with Gasteiger partial charge < -0.3 is 5.32 Å². The van der Waals surface area contributed by atoms with Crippen LogP contribution in [-0.2, 0) is 11.3 Å². The average Bonchev–Trinajstić information content (AvgIpc) is 2.92. The first-order valence-electron chi connectivity index (χ1n) is 7.14. The molecule has 2 heterocycles. The monoisotopic (exact) mass is 326 g/mol. The Morgan fingerprint density at radius 1 is 1.30 bits per heavy atom. The zero-order chi connectivity index (χ0) is 16.2. The molecule has 0 spiro atoms. The van der Waals surface area contributed by atoms with Crippen molar-refractivity contribution in [1.29, 1.82) is 0 Å². The van der Waals surface area contributed by atoms with Gasteiger partial charge in [-0.15, -0.1) is 6.58 Å². The first-order valence-corrected chi connectivity index (χ1v) is 7.51. The van der Waals surface area contributed by atoms with Crippen molar-refractivity contribution in [2.75, 3.05) is 6.54 Å². The molecule has 0 fully saturated rings. The molecule has 1 amide bonds. The Balaban J connectivity index is 2.05. The Morgan fingerprint density at radius 2 is 2.09 bits per heavy atom. The number of pyridine rings is 1. The number of halogens is 1. The summed E-state index contributed by atoms with van der Waals surface area (Å²) in [5.74, 6) is 0.564. The summed E-state index contributed by atoms with van der Waals surface area (Å²) in [6.07, 6.45) is 3.33. The number of carbonyl (C=O) groups is 1. The topological polar surface area (TPSA) is 59.8 Å². The Morgan fingerprint density at radius 3 is 2.83 bits per heavy atom. The van der Waals surface area contributed by atoms with Gasteiger partial charge >= 0.3 is 0 Å². The van der Waals surface area contributed by atoms with Gasteiger partial charge in [-0.05, 0) is 36.4 Å². The number of benzene rings is 1. The molecular formula is C17H15ClN4O. The van der Waals surface area contributed by atoms with Gasteiger partial charge in [0, 0.05) is 23.3 Å². The van der Waals surface area contributed by atoms with E-state index >= 15 is 0 Å². The van der Waals surface area contributed by atoms with E-state index in [9.17, 15) is 4.79 Å². The molecule has 2 aromatic heterocycles. The summed E-state index contributed by atoms with van der Waals surface area (Å²) in [4.78, 5) is 21.0. The first-order chi connectivity index (χ1) is 11.2. The van der Waals surface area contributed by atoms with Crippen LogP contribution in [0.1, 0.15) is 0 Å². The summed E-state index contributed by atoms with van der Waals surface area (Å²) in [5, 5.41) is 3.42. The highest BCUT2D eigenvalue weighted by atomic mass is 35.5. The molecular weight excluding hydrogens is 312 g/mol. The minimum atomic E-state index is -0.120. The molecule has 23 heavy (non-hydrogen) atoms. The molecule has 3 rings (SSSR count). The molecule has 0 atom stereocenters. The van der Waals surface area contributed by atoms with Crippen molar-refractivity contribution in [2.24, 2.45) is 0 Å². The highest BCUT2D eigenvalue weighted by Gasteiger charge is 2.15. The van der Waals surface area contributed by atoms with Crippen molar-refractivity contribution in [3.63, 3.8) is 0 Å². The van der Waals surface area contributed by atoms with Crippen LogP contribution in [0.15, 0.2) is 55.3 Å². The van der Waals surface area contributed by atoms with Gasteiger partial charge in [0.25, 0.3) is 0 Å². The van der Waals surface area contributed by atoms with Crippen LogP contribution in [-0.4, -0.2) is 27.0 Å². The molecule has 0 radical (unpaired) electrons. The number of imidazole rings is 1. The summed E-state index contributed by atoms with van der Waals surface area (Å²) in [7, 11) is 0. The number of carbonyl (C=O) groups excluding carboxylic acids is 1. The third kappa shape index (κ3) is 3.24. The molecule has 0 bridgehead atoms. The van der Waals surface area contributed by atoms with Crippen LogP contribution in [0.2, 0.25) is 5.02 Å². The number of hydrogen-bond acceptors (Lipinski definition) is 3. The molecule has 0 aliphatic rings. The van der Waals surface area contributed by atoms with Crippen molar-refractivity contribution in [2.45, 2.75) is 6.54 Å². The van der Waals surface area contributed by atoms with Gasteiger partial charge in [0.2, 0.25) is 5.91 Å². The highest BCUT2D eigenvalue weighted by molar-refractivity contribution is 6.30. The smallest absolute Gasteiger partial charge is 0.240 e. The van der Waals surface area contributed by atoms with Crippen molar-refractivity contribution < 1.29 is 4.79 Å². The number of rotatable bonds is 5. The molecule has 0 aliphatic heterocycles. The Hall–Kier alpha value is -2.66. The molecule has 0 saturated heterocycles. The maximum absolute atomic E-state index is 12.1. The molecule has 1 aromatic carbocycles. The van der Waals surface area contributed by atoms with E-state index in [1.165, 1.54) is 0 Å². The highest BCUT2D eigenvalue weighted by Crippen LogP contribution is 2.24. The first kappa shape index (κ1) is 15.2. The fourth-order valence-electron chi connectivity index (χ4n) is 2.31. The maximum atomic E-state index is 12.1. The number of fused-ring (bicyclic) bond motifs is 1. The molecule has 3 aromatic rings. The maximum Gasteiger partial charge on any atom is 0.240 e. The lowest BCUT2D eigenvalue weighted by Gasteiger charge is -2.09. The molecule has 5 nitrogen and oxygen atoms in total. The largest absolute Gasteiger partial charge is 0.351 e. The molecule has 0 unspecified atom stereocenters. The molecule has 116 valence electrons. The quantitative estimate of drug-likeness (QED) is 0.733. The second kappa shape index (κ2) is 6.62. The minimum absolute atomic E-state index is 0.120. The zero-order valence-corrected chi connectivity index (χ0v) is 13.1. The summed E-state index contributed by atoms with van der Waals surface area (Å²) >= 11 is 5.95. The molecule has 6 heteroatoms. The SMILES string of the molecule is C=CCNC(=O)Cn1c(-c2ccc(Cl)cc2)nc2cccnc21.